The first-order valence-electron chi connectivity index (χ1n) is 10.1. The molecule has 0 spiro atoms. The summed E-state index contributed by atoms with van der Waals surface area (Å²) >= 11 is 0. The van der Waals surface area contributed by atoms with Gasteiger partial charge < -0.3 is 19.9 Å². The summed E-state index contributed by atoms with van der Waals surface area (Å²) in [4.78, 5) is 18.1. The Morgan fingerprint density at radius 3 is 2.71 bits per heavy atom. The number of anilines is 1. The van der Waals surface area contributed by atoms with Crippen molar-refractivity contribution in [1.82, 2.24) is 9.88 Å². The van der Waals surface area contributed by atoms with Crippen LogP contribution in [-0.4, -0.2) is 35.6 Å². The maximum Gasteiger partial charge on any atom is 0.321 e. The molecular formula is C23H27N3O2. The number of benzene rings is 2. The molecule has 1 aliphatic heterocycles. The SMILES string of the molecule is CCCCOc1ccc(NC(=O)N2CCc3[nH]c4ccccc4c3CC2)cc1. The number of para-hydroxylation sites is 1. The number of aromatic amines is 1. The van der Waals surface area contributed by atoms with Crippen molar-refractivity contribution >= 4 is 22.6 Å². The Balaban J connectivity index is 1.36. The fourth-order valence-electron chi connectivity index (χ4n) is 3.73. The average molecular weight is 377 g/mol. The summed E-state index contributed by atoms with van der Waals surface area (Å²) in [5, 5.41) is 4.29. The van der Waals surface area contributed by atoms with Crippen molar-refractivity contribution in [3.05, 3.63) is 59.8 Å². The molecule has 0 bridgehead atoms. The van der Waals surface area contributed by atoms with Gasteiger partial charge in [-0.1, -0.05) is 31.5 Å². The summed E-state index contributed by atoms with van der Waals surface area (Å²) in [6.07, 6.45) is 3.88. The van der Waals surface area contributed by atoms with Crippen LogP contribution in [0.4, 0.5) is 10.5 Å². The molecule has 0 radical (unpaired) electrons. The van der Waals surface area contributed by atoms with Crippen LogP contribution >= 0.6 is 0 Å². The third-order valence-electron chi connectivity index (χ3n) is 5.32. The van der Waals surface area contributed by atoms with E-state index in [1.165, 1.54) is 22.2 Å². The first-order chi connectivity index (χ1) is 13.7. The molecule has 2 N–H and O–H groups in total. The van der Waals surface area contributed by atoms with E-state index in [-0.39, 0.29) is 6.03 Å². The summed E-state index contributed by atoms with van der Waals surface area (Å²) < 4.78 is 5.67. The molecule has 5 nitrogen and oxygen atoms in total. The molecule has 5 heteroatoms. The number of fused-ring (bicyclic) bond motifs is 3. The second-order valence-corrected chi connectivity index (χ2v) is 7.27. The van der Waals surface area contributed by atoms with Crippen molar-refractivity contribution in [2.45, 2.75) is 32.6 Å². The van der Waals surface area contributed by atoms with Crippen LogP contribution in [-0.2, 0) is 12.8 Å². The van der Waals surface area contributed by atoms with Gasteiger partial charge in [0.25, 0.3) is 0 Å². The van der Waals surface area contributed by atoms with E-state index in [1.807, 2.05) is 29.2 Å². The molecule has 0 fully saturated rings. The summed E-state index contributed by atoms with van der Waals surface area (Å²) in [7, 11) is 0. The molecule has 0 saturated carbocycles. The van der Waals surface area contributed by atoms with Crippen molar-refractivity contribution in [2.75, 3.05) is 25.0 Å². The summed E-state index contributed by atoms with van der Waals surface area (Å²) in [6.45, 7) is 4.30. The molecule has 1 aromatic heterocycles. The number of nitrogens with one attached hydrogen (secondary N) is 2. The van der Waals surface area contributed by atoms with E-state index in [0.29, 0.717) is 6.54 Å². The Labute approximate surface area is 165 Å². The van der Waals surface area contributed by atoms with Crippen molar-refractivity contribution in [3.63, 3.8) is 0 Å². The maximum absolute atomic E-state index is 12.7. The minimum absolute atomic E-state index is 0.0471. The van der Waals surface area contributed by atoms with Crippen LogP contribution in [0.5, 0.6) is 5.75 Å². The maximum atomic E-state index is 12.7. The highest BCUT2D eigenvalue weighted by atomic mass is 16.5. The van der Waals surface area contributed by atoms with E-state index in [0.717, 1.165) is 50.3 Å². The lowest BCUT2D eigenvalue weighted by atomic mass is 10.1. The summed E-state index contributed by atoms with van der Waals surface area (Å²) in [5.41, 5.74) is 4.58. The van der Waals surface area contributed by atoms with Gasteiger partial charge in [-0.05, 0) is 48.7 Å². The molecule has 1 aliphatic rings. The predicted molar refractivity (Wildman–Crippen MR) is 113 cm³/mol. The van der Waals surface area contributed by atoms with Crippen LogP contribution in [0.15, 0.2) is 48.5 Å². The zero-order chi connectivity index (χ0) is 19.3. The van der Waals surface area contributed by atoms with Crippen LogP contribution in [0.1, 0.15) is 31.0 Å². The van der Waals surface area contributed by atoms with Crippen molar-refractivity contribution in [2.24, 2.45) is 0 Å². The van der Waals surface area contributed by atoms with Crippen LogP contribution < -0.4 is 10.1 Å². The lowest BCUT2D eigenvalue weighted by molar-refractivity contribution is 0.214. The standard InChI is InChI=1S/C23H27N3O2/c1-2-3-16-28-18-10-8-17(9-11-18)24-23(27)26-14-12-20-19-6-4-5-7-21(19)25-22(20)13-15-26/h4-11,25H,2-3,12-16H2,1H3,(H,24,27). The number of aromatic nitrogens is 1. The quantitative estimate of drug-likeness (QED) is 0.616. The number of amides is 2. The lowest BCUT2D eigenvalue weighted by Gasteiger charge is -2.21. The van der Waals surface area contributed by atoms with Gasteiger partial charge in [-0.25, -0.2) is 4.79 Å². The van der Waals surface area contributed by atoms with E-state index >= 15 is 0 Å². The van der Waals surface area contributed by atoms with E-state index in [9.17, 15) is 4.79 Å². The number of ether oxygens (including phenoxy) is 1. The number of carbonyl (C=O) groups is 1. The first kappa shape index (κ1) is 18.4. The molecule has 0 aliphatic carbocycles. The molecule has 2 aromatic carbocycles. The van der Waals surface area contributed by atoms with Gasteiger partial charge in [-0.2, -0.15) is 0 Å². The van der Waals surface area contributed by atoms with Crippen LogP contribution in [0, 0.1) is 0 Å². The van der Waals surface area contributed by atoms with Gasteiger partial charge in [-0.3, -0.25) is 0 Å². The van der Waals surface area contributed by atoms with Gasteiger partial charge in [0.05, 0.1) is 6.61 Å². The number of nitrogens with zero attached hydrogens (tertiary/aromatic N) is 1. The number of unbranched alkanes of at least 4 members (excludes halogenated alkanes) is 1. The summed E-state index contributed by atoms with van der Waals surface area (Å²) in [5.74, 6) is 0.839. The normalized spacial score (nSPS) is 13.8. The van der Waals surface area contributed by atoms with Crippen molar-refractivity contribution in [3.8, 4) is 5.75 Å². The third kappa shape index (κ3) is 3.98. The van der Waals surface area contributed by atoms with E-state index < -0.39 is 0 Å². The molecule has 0 atom stereocenters. The van der Waals surface area contributed by atoms with Crippen molar-refractivity contribution in [1.29, 1.82) is 0 Å². The smallest absolute Gasteiger partial charge is 0.321 e. The molecule has 28 heavy (non-hydrogen) atoms. The van der Waals surface area contributed by atoms with E-state index in [1.54, 1.807) is 0 Å². The number of carbonyl (C=O) groups excluding carboxylic acids is 1. The largest absolute Gasteiger partial charge is 0.494 e. The van der Waals surface area contributed by atoms with Crippen LogP contribution in [0.25, 0.3) is 10.9 Å². The van der Waals surface area contributed by atoms with Gasteiger partial charge in [-0.15, -0.1) is 0 Å². The molecule has 3 aromatic rings. The second kappa shape index (κ2) is 8.38. The van der Waals surface area contributed by atoms with E-state index in [4.69, 9.17) is 4.74 Å². The Hall–Kier alpha value is -2.95. The fraction of sp³-hybridized carbons (Fsp3) is 0.348. The highest BCUT2D eigenvalue weighted by molar-refractivity contribution is 5.90. The molecule has 0 unspecified atom stereocenters. The van der Waals surface area contributed by atoms with Gasteiger partial charge in [0.2, 0.25) is 0 Å². The minimum Gasteiger partial charge on any atom is -0.494 e. The monoisotopic (exact) mass is 377 g/mol. The van der Waals surface area contributed by atoms with Crippen LogP contribution in [0.2, 0.25) is 0 Å². The molecule has 146 valence electrons. The number of rotatable bonds is 5. The molecule has 4 rings (SSSR count). The number of urea groups is 1. The highest BCUT2D eigenvalue weighted by Gasteiger charge is 2.21. The Kier molecular flexibility index (Phi) is 5.51. The van der Waals surface area contributed by atoms with Crippen LogP contribution in [0.3, 0.4) is 0 Å². The zero-order valence-corrected chi connectivity index (χ0v) is 16.3. The third-order valence-corrected chi connectivity index (χ3v) is 5.32. The lowest BCUT2D eigenvalue weighted by Crippen LogP contribution is -2.36. The average Bonchev–Trinajstić information content (AvgIpc) is 2.93. The minimum atomic E-state index is -0.0471. The summed E-state index contributed by atoms with van der Waals surface area (Å²) in [6, 6.07) is 16.0. The predicted octanol–water partition coefficient (Wildman–Crippen LogP) is 4.98. The number of H-pyrrole nitrogens is 1. The molecular weight excluding hydrogens is 350 g/mol. The number of hydrogen-bond donors (Lipinski definition) is 2. The molecule has 2 amide bonds. The van der Waals surface area contributed by atoms with Crippen molar-refractivity contribution < 1.29 is 9.53 Å². The van der Waals surface area contributed by atoms with Gasteiger partial charge >= 0.3 is 6.03 Å². The van der Waals surface area contributed by atoms with Gasteiger partial charge in [0, 0.05) is 41.8 Å². The zero-order valence-electron chi connectivity index (χ0n) is 16.3. The Bertz CT molecular complexity index is 946. The Morgan fingerprint density at radius 2 is 1.89 bits per heavy atom. The molecule has 2 heterocycles. The number of hydrogen-bond acceptors (Lipinski definition) is 2. The molecule has 0 saturated heterocycles. The van der Waals surface area contributed by atoms with Gasteiger partial charge in [0.1, 0.15) is 5.75 Å². The van der Waals surface area contributed by atoms with Gasteiger partial charge in [0.15, 0.2) is 0 Å². The van der Waals surface area contributed by atoms with E-state index in [2.05, 4.69) is 41.5 Å². The topological polar surface area (TPSA) is 57.4 Å². The fourth-order valence-corrected chi connectivity index (χ4v) is 3.73. The second-order valence-electron chi connectivity index (χ2n) is 7.27. The Morgan fingerprint density at radius 1 is 1.11 bits per heavy atom. The first-order valence-corrected chi connectivity index (χ1v) is 10.1. The highest BCUT2D eigenvalue weighted by Crippen LogP contribution is 2.26.